The molecule has 0 spiro atoms. The third-order valence-electron chi connectivity index (χ3n) is 4.16. The molecule has 0 aliphatic carbocycles. The fraction of sp³-hybridized carbons (Fsp3) is 0.647. The molecule has 0 saturated carbocycles. The minimum Gasteiger partial charge on any atom is -0.356 e. The van der Waals surface area contributed by atoms with E-state index in [4.69, 9.17) is 0 Å². The number of carbonyl (C=O) groups excluding carboxylic acids is 1. The van der Waals surface area contributed by atoms with Gasteiger partial charge in [-0.25, -0.2) is 9.78 Å². The van der Waals surface area contributed by atoms with Crippen LogP contribution < -0.4 is 15.5 Å². The van der Waals surface area contributed by atoms with E-state index < -0.39 is 0 Å². The molecule has 0 aromatic carbocycles. The van der Waals surface area contributed by atoms with E-state index in [2.05, 4.69) is 39.8 Å². The highest BCUT2D eigenvalue weighted by Gasteiger charge is 2.21. The van der Waals surface area contributed by atoms with Crippen LogP contribution in [0.5, 0.6) is 0 Å². The van der Waals surface area contributed by atoms with Gasteiger partial charge in [-0.1, -0.05) is 6.07 Å². The molecule has 23 heavy (non-hydrogen) atoms. The molecule has 6 heteroatoms. The zero-order valence-corrected chi connectivity index (χ0v) is 15.2. The lowest BCUT2D eigenvalue weighted by Crippen LogP contribution is -2.49. The zero-order valence-electron chi connectivity index (χ0n) is 14.3. The molecule has 2 rings (SSSR count). The standard InChI is InChI=1S/C17H28N4OS/c1-13-5-4-6-16(18-13)21-10-7-15(8-11-21)20-17(22)19-14(2)9-12-23-3/h4-6,14-15H,7-12H2,1-3H3,(H2,19,20,22). The molecule has 2 heterocycles. The van der Waals surface area contributed by atoms with Crippen molar-refractivity contribution in [3.8, 4) is 0 Å². The van der Waals surface area contributed by atoms with Crippen LogP contribution in [0.4, 0.5) is 10.6 Å². The highest BCUT2D eigenvalue weighted by atomic mass is 32.2. The van der Waals surface area contributed by atoms with Crippen molar-refractivity contribution in [2.24, 2.45) is 0 Å². The fourth-order valence-electron chi connectivity index (χ4n) is 2.78. The Hall–Kier alpha value is -1.43. The summed E-state index contributed by atoms with van der Waals surface area (Å²) in [6, 6.07) is 6.56. The first-order chi connectivity index (χ1) is 11.1. The molecule has 0 radical (unpaired) electrons. The Morgan fingerprint density at radius 1 is 1.43 bits per heavy atom. The van der Waals surface area contributed by atoms with Crippen molar-refractivity contribution in [1.29, 1.82) is 0 Å². The van der Waals surface area contributed by atoms with E-state index in [1.54, 1.807) is 0 Å². The summed E-state index contributed by atoms with van der Waals surface area (Å²) in [6.45, 7) is 5.94. The van der Waals surface area contributed by atoms with Crippen molar-refractivity contribution in [1.82, 2.24) is 15.6 Å². The zero-order chi connectivity index (χ0) is 16.7. The Kier molecular flexibility index (Phi) is 7.02. The van der Waals surface area contributed by atoms with Gasteiger partial charge in [0.1, 0.15) is 5.82 Å². The molecule has 2 N–H and O–H groups in total. The van der Waals surface area contributed by atoms with Crippen molar-refractivity contribution in [3.63, 3.8) is 0 Å². The fourth-order valence-corrected chi connectivity index (χ4v) is 3.36. The first-order valence-electron chi connectivity index (χ1n) is 8.33. The Morgan fingerprint density at radius 2 is 2.17 bits per heavy atom. The number of hydrogen-bond donors (Lipinski definition) is 2. The Morgan fingerprint density at radius 3 is 2.83 bits per heavy atom. The number of thioether (sulfide) groups is 1. The van der Waals surface area contributed by atoms with Gasteiger partial charge >= 0.3 is 6.03 Å². The van der Waals surface area contributed by atoms with Crippen LogP contribution >= 0.6 is 11.8 Å². The van der Waals surface area contributed by atoms with Gasteiger partial charge in [-0.3, -0.25) is 0 Å². The Labute approximate surface area is 143 Å². The van der Waals surface area contributed by atoms with E-state index in [-0.39, 0.29) is 18.1 Å². The van der Waals surface area contributed by atoms with Gasteiger partial charge in [-0.2, -0.15) is 11.8 Å². The van der Waals surface area contributed by atoms with Gasteiger partial charge in [0.25, 0.3) is 0 Å². The largest absolute Gasteiger partial charge is 0.356 e. The second-order valence-electron chi connectivity index (χ2n) is 6.20. The van der Waals surface area contributed by atoms with Crippen LogP contribution in [-0.4, -0.2) is 48.2 Å². The van der Waals surface area contributed by atoms with Crippen LogP contribution in [0.25, 0.3) is 0 Å². The average Bonchev–Trinajstić information content (AvgIpc) is 2.53. The molecule has 1 atom stereocenters. The number of aromatic nitrogens is 1. The summed E-state index contributed by atoms with van der Waals surface area (Å²) in [5.74, 6) is 2.11. The molecule has 1 saturated heterocycles. The van der Waals surface area contributed by atoms with Crippen molar-refractivity contribution in [2.75, 3.05) is 30.0 Å². The minimum absolute atomic E-state index is 0.0364. The molecule has 5 nitrogen and oxygen atoms in total. The van der Waals surface area contributed by atoms with E-state index >= 15 is 0 Å². The van der Waals surface area contributed by atoms with Crippen LogP contribution in [-0.2, 0) is 0 Å². The van der Waals surface area contributed by atoms with Crippen molar-refractivity contribution in [3.05, 3.63) is 23.9 Å². The first kappa shape index (κ1) is 17.9. The summed E-state index contributed by atoms with van der Waals surface area (Å²) in [7, 11) is 0. The van der Waals surface area contributed by atoms with E-state index in [9.17, 15) is 4.79 Å². The summed E-state index contributed by atoms with van der Waals surface area (Å²) in [6.07, 6.45) is 5.01. The van der Waals surface area contributed by atoms with Gasteiger partial charge in [0.2, 0.25) is 0 Å². The lowest BCUT2D eigenvalue weighted by atomic mass is 10.1. The van der Waals surface area contributed by atoms with Crippen LogP contribution in [0.2, 0.25) is 0 Å². The maximum absolute atomic E-state index is 12.0. The molecule has 0 bridgehead atoms. The van der Waals surface area contributed by atoms with Crippen molar-refractivity contribution in [2.45, 2.75) is 45.2 Å². The number of rotatable bonds is 6. The van der Waals surface area contributed by atoms with Gasteiger partial charge in [-0.05, 0) is 57.3 Å². The number of nitrogens with one attached hydrogen (secondary N) is 2. The van der Waals surface area contributed by atoms with E-state index in [0.29, 0.717) is 0 Å². The van der Waals surface area contributed by atoms with Gasteiger partial charge in [0.15, 0.2) is 0 Å². The minimum atomic E-state index is -0.0364. The molecule has 2 amide bonds. The topological polar surface area (TPSA) is 57.3 Å². The lowest BCUT2D eigenvalue weighted by molar-refractivity contribution is 0.231. The summed E-state index contributed by atoms with van der Waals surface area (Å²) in [5, 5.41) is 6.13. The highest BCUT2D eigenvalue weighted by molar-refractivity contribution is 7.98. The number of amides is 2. The number of urea groups is 1. The normalized spacial score (nSPS) is 16.9. The van der Waals surface area contributed by atoms with Gasteiger partial charge in [-0.15, -0.1) is 0 Å². The molecule has 1 aliphatic heterocycles. The molecule has 1 aliphatic rings. The van der Waals surface area contributed by atoms with Gasteiger partial charge < -0.3 is 15.5 Å². The van der Waals surface area contributed by atoms with Gasteiger partial charge in [0, 0.05) is 30.9 Å². The molecule has 1 unspecified atom stereocenters. The molecule has 1 aromatic rings. The number of carbonyl (C=O) groups is 1. The highest BCUT2D eigenvalue weighted by Crippen LogP contribution is 2.18. The predicted molar refractivity (Wildman–Crippen MR) is 98.3 cm³/mol. The molecule has 128 valence electrons. The number of anilines is 1. The van der Waals surface area contributed by atoms with E-state index in [1.807, 2.05) is 30.8 Å². The van der Waals surface area contributed by atoms with Crippen LogP contribution in [0.3, 0.4) is 0 Å². The third kappa shape index (κ3) is 5.94. The van der Waals surface area contributed by atoms with Crippen LogP contribution in [0.1, 0.15) is 31.9 Å². The van der Waals surface area contributed by atoms with Crippen molar-refractivity contribution < 1.29 is 4.79 Å². The van der Waals surface area contributed by atoms with Crippen LogP contribution in [0.15, 0.2) is 18.2 Å². The summed E-state index contributed by atoms with van der Waals surface area (Å²) >= 11 is 1.81. The summed E-state index contributed by atoms with van der Waals surface area (Å²) in [4.78, 5) is 18.9. The predicted octanol–water partition coefficient (Wildman–Crippen LogP) is 2.80. The average molecular weight is 337 g/mol. The Bertz CT molecular complexity index is 503. The smallest absolute Gasteiger partial charge is 0.315 e. The second kappa shape index (κ2) is 9.01. The number of hydrogen-bond acceptors (Lipinski definition) is 4. The monoisotopic (exact) mass is 336 g/mol. The number of nitrogens with zero attached hydrogens (tertiary/aromatic N) is 2. The SMILES string of the molecule is CSCCC(C)NC(=O)NC1CCN(c2cccc(C)n2)CC1. The first-order valence-corrected chi connectivity index (χ1v) is 9.72. The summed E-state index contributed by atoms with van der Waals surface area (Å²) in [5.41, 5.74) is 1.04. The number of aryl methyl sites for hydroxylation is 1. The van der Waals surface area contributed by atoms with Gasteiger partial charge in [0.05, 0.1) is 0 Å². The maximum Gasteiger partial charge on any atom is 0.315 e. The quantitative estimate of drug-likeness (QED) is 0.839. The second-order valence-corrected chi connectivity index (χ2v) is 7.18. The van der Waals surface area contributed by atoms with Crippen molar-refractivity contribution >= 4 is 23.6 Å². The lowest BCUT2D eigenvalue weighted by Gasteiger charge is -2.33. The number of piperidine rings is 1. The van der Waals surface area contributed by atoms with E-state index in [1.165, 1.54) is 0 Å². The maximum atomic E-state index is 12.0. The number of pyridine rings is 1. The van der Waals surface area contributed by atoms with Crippen LogP contribution in [0, 0.1) is 6.92 Å². The third-order valence-corrected chi connectivity index (χ3v) is 4.80. The Balaban J connectivity index is 1.73. The molecular formula is C17H28N4OS. The summed E-state index contributed by atoms with van der Waals surface area (Å²) < 4.78 is 0. The molecular weight excluding hydrogens is 308 g/mol. The molecule has 1 aromatic heterocycles. The van der Waals surface area contributed by atoms with E-state index in [0.717, 1.165) is 49.6 Å². The molecule has 1 fully saturated rings.